The van der Waals surface area contributed by atoms with Crippen LogP contribution in [-0.2, 0) is 11.9 Å². The molecule has 50 heavy (non-hydrogen) atoms. The zero-order valence-corrected chi connectivity index (χ0v) is 27.4. The van der Waals surface area contributed by atoms with Crippen LogP contribution in [0.15, 0.2) is 108 Å². The summed E-state index contributed by atoms with van der Waals surface area (Å²) in [5.74, 6) is -1.30. The number of rotatable bonds is 10. The summed E-state index contributed by atoms with van der Waals surface area (Å²) in [6, 6.07) is 25.1. The molecule has 0 aliphatic carbocycles. The Balaban J connectivity index is 1.20. The van der Waals surface area contributed by atoms with Gasteiger partial charge in [-0.3, -0.25) is 9.59 Å². The Hall–Kier alpha value is -5.56. The van der Waals surface area contributed by atoms with E-state index in [9.17, 15) is 27.6 Å². The fourth-order valence-corrected chi connectivity index (χ4v) is 6.42. The van der Waals surface area contributed by atoms with E-state index in [1.165, 1.54) is 40.8 Å². The van der Waals surface area contributed by atoms with Gasteiger partial charge in [-0.05, 0) is 97.6 Å². The minimum absolute atomic E-state index is 0.121. The topological polar surface area (TPSA) is 117 Å². The molecule has 1 aromatic heterocycles. The summed E-state index contributed by atoms with van der Waals surface area (Å²) in [5.41, 5.74) is 2.14. The van der Waals surface area contributed by atoms with Crippen molar-refractivity contribution in [1.82, 2.24) is 9.78 Å². The minimum Gasteiger partial charge on any atom is -0.478 e. The summed E-state index contributed by atoms with van der Waals surface area (Å²) >= 11 is 1.50. The van der Waals surface area contributed by atoms with E-state index in [2.05, 4.69) is 20.6 Å². The molecule has 0 radical (unpaired) electrons. The summed E-state index contributed by atoms with van der Waals surface area (Å²) in [5, 5.41) is 19.0. The number of carboxylic acid groups (broad SMARTS) is 1. The number of carbonyl (C=O) groups is 3. The third-order valence-electron chi connectivity index (χ3n) is 8.18. The predicted octanol–water partition coefficient (Wildman–Crippen LogP) is 8.38. The summed E-state index contributed by atoms with van der Waals surface area (Å²) in [6.07, 6.45) is 0.109. The van der Waals surface area contributed by atoms with Crippen LogP contribution in [0.5, 0.6) is 0 Å². The zero-order valence-electron chi connectivity index (χ0n) is 26.6. The molecule has 9 nitrogen and oxygen atoms in total. The minimum atomic E-state index is -4.52. The Morgan fingerprint density at radius 3 is 2.28 bits per heavy atom. The van der Waals surface area contributed by atoms with Crippen molar-refractivity contribution in [2.45, 2.75) is 36.1 Å². The Labute approximate surface area is 290 Å². The number of aromatic carboxylic acids is 1. The van der Waals surface area contributed by atoms with E-state index in [-0.39, 0.29) is 28.3 Å². The van der Waals surface area contributed by atoms with Gasteiger partial charge in [-0.15, -0.1) is 11.8 Å². The van der Waals surface area contributed by atoms with Gasteiger partial charge in [0.15, 0.2) is 5.82 Å². The van der Waals surface area contributed by atoms with Crippen LogP contribution in [0.25, 0.3) is 5.69 Å². The van der Waals surface area contributed by atoms with Gasteiger partial charge < -0.3 is 20.6 Å². The van der Waals surface area contributed by atoms with Crippen molar-refractivity contribution in [3.63, 3.8) is 0 Å². The van der Waals surface area contributed by atoms with Crippen molar-refractivity contribution in [2.24, 2.45) is 0 Å². The van der Waals surface area contributed by atoms with Crippen molar-refractivity contribution >= 4 is 46.7 Å². The van der Waals surface area contributed by atoms with Gasteiger partial charge in [-0.25, -0.2) is 9.48 Å². The molecule has 13 heteroatoms. The van der Waals surface area contributed by atoms with E-state index >= 15 is 0 Å². The van der Waals surface area contributed by atoms with Crippen LogP contribution in [0.1, 0.15) is 61.5 Å². The molecule has 0 bridgehead atoms. The first-order valence-corrected chi connectivity index (χ1v) is 16.8. The lowest BCUT2D eigenvalue weighted by Gasteiger charge is -2.29. The maximum Gasteiger partial charge on any atom is 0.416 e. The van der Waals surface area contributed by atoms with Gasteiger partial charge in [0.2, 0.25) is 0 Å². The number of carboxylic acids is 1. The molecule has 1 aliphatic rings. The first-order valence-electron chi connectivity index (χ1n) is 15.8. The monoisotopic (exact) mass is 699 g/mol. The first kappa shape index (κ1) is 34.3. The maximum atomic E-state index is 13.7. The molecular formula is C37H32F3N5O4S. The number of carbonyl (C=O) groups excluding carboxylic acids is 2. The highest BCUT2D eigenvalue weighted by molar-refractivity contribution is 7.98. The van der Waals surface area contributed by atoms with Crippen molar-refractivity contribution in [3.8, 4) is 5.69 Å². The molecule has 0 unspecified atom stereocenters. The molecule has 1 saturated heterocycles. The van der Waals surface area contributed by atoms with Gasteiger partial charge in [0.1, 0.15) is 0 Å². The summed E-state index contributed by atoms with van der Waals surface area (Å²) in [6.45, 7) is 1.67. The number of aromatic nitrogens is 2. The second-order valence-electron chi connectivity index (χ2n) is 11.7. The Morgan fingerprint density at radius 2 is 1.54 bits per heavy atom. The van der Waals surface area contributed by atoms with Gasteiger partial charge in [0.25, 0.3) is 11.8 Å². The highest BCUT2D eigenvalue weighted by atomic mass is 32.2. The van der Waals surface area contributed by atoms with E-state index < -0.39 is 29.5 Å². The van der Waals surface area contributed by atoms with Gasteiger partial charge in [-0.1, -0.05) is 18.2 Å². The number of halogens is 3. The lowest BCUT2D eigenvalue weighted by Crippen LogP contribution is -2.29. The second kappa shape index (κ2) is 14.9. The average molecular weight is 700 g/mol. The smallest absolute Gasteiger partial charge is 0.416 e. The van der Waals surface area contributed by atoms with Gasteiger partial charge in [-0.2, -0.15) is 18.3 Å². The Bertz CT molecular complexity index is 2020. The summed E-state index contributed by atoms with van der Waals surface area (Å²) in [4.78, 5) is 41.5. The Morgan fingerprint density at radius 1 is 0.780 bits per heavy atom. The lowest BCUT2D eigenvalue weighted by molar-refractivity contribution is -0.137. The molecule has 5 aromatic rings. The quantitative estimate of drug-likeness (QED) is 0.125. The molecule has 1 aliphatic heterocycles. The number of hydrogen-bond acceptors (Lipinski definition) is 6. The third-order valence-corrected chi connectivity index (χ3v) is 9.26. The van der Waals surface area contributed by atoms with Gasteiger partial charge in [0.05, 0.1) is 28.1 Å². The molecule has 3 N–H and O–H groups in total. The number of amides is 2. The van der Waals surface area contributed by atoms with Crippen molar-refractivity contribution in [1.29, 1.82) is 0 Å². The molecule has 1 fully saturated rings. The van der Waals surface area contributed by atoms with E-state index in [1.807, 2.05) is 12.1 Å². The van der Waals surface area contributed by atoms with Crippen molar-refractivity contribution < 1.29 is 32.7 Å². The molecule has 0 atom stereocenters. The molecule has 0 saturated carbocycles. The molecular weight excluding hydrogens is 667 g/mol. The van der Waals surface area contributed by atoms with Crippen LogP contribution in [0.2, 0.25) is 0 Å². The SMILES string of the molecule is O=C(O)c1ccc(SCc2cccc(C(=O)Nc3ccc(N4CCCCC4)cc3C(=O)Nc3ccn(-c4cccc(C(F)(F)F)c4)n3)c2)cc1. The highest BCUT2D eigenvalue weighted by Crippen LogP contribution is 2.31. The van der Waals surface area contributed by atoms with Crippen LogP contribution in [0, 0.1) is 0 Å². The summed E-state index contributed by atoms with van der Waals surface area (Å²) in [7, 11) is 0. The second-order valence-corrected chi connectivity index (χ2v) is 12.7. The number of nitrogens with one attached hydrogen (secondary N) is 2. The number of anilines is 3. The fourth-order valence-electron chi connectivity index (χ4n) is 5.58. The van der Waals surface area contributed by atoms with Crippen LogP contribution in [-0.4, -0.2) is 45.8 Å². The molecule has 256 valence electrons. The number of benzene rings is 4. The highest BCUT2D eigenvalue weighted by Gasteiger charge is 2.30. The number of thioether (sulfide) groups is 1. The zero-order chi connectivity index (χ0) is 35.3. The summed E-state index contributed by atoms with van der Waals surface area (Å²) < 4.78 is 41.0. The van der Waals surface area contributed by atoms with E-state index in [0.29, 0.717) is 11.3 Å². The lowest BCUT2D eigenvalue weighted by atomic mass is 10.1. The van der Waals surface area contributed by atoms with Gasteiger partial charge in [0, 0.05) is 47.3 Å². The number of piperidine rings is 1. The van der Waals surface area contributed by atoms with Crippen LogP contribution >= 0.6 is 11.8 Å². The van der Waals surface area contributed by atoms with Crippen LogP contribution in [0.4, 0.5) is 30.4 Å². The predicted molar refractivity (Wildman–Crippen MR) is 186 cm³/mol. The molecule has 6 rings (SSSR count). The largest absolute Gasteiger partial charge is 0.478 e. The van der Waals surface area contributed by atoms with Crippen LogP contribution < -0.4 is 15.5 Å². The number of hydrogen-bond donors (Lipinski definition) is 3. The van der Waals surface area contributed by atoms with E-state index in [4.69, 9.17) is 5.11 Å². The third kappa shape index (κ3) is 8.35. The normalized spacial score (nSPS) is 13.1. The molecule has 0 spiro atoms. The van der Waals surface area contributed by atoms with E-state index in [1.54, 1.807) is 54.6 Å². The molecule has 4 aromatic carbocycles. The first-order chi connectivity index (χ1) is 24.0. The van der Waals surface area contributed by atoms with E-state index in [0.717, 1.165) is 60.6 Å². The maximum absolute atomic E-state index is 13.7. The molecule has 2 heterocycles. The Kier molecular flexibility index (Phi) is 10.2. The standard InChI is InChI=1S/C37H32F3N5O4S/c38-37(39,40)27-8-5-9-29(21-27)45-19-16-33(43-45)42-35(47)31-22-28(44-17-2-1-3-18-44)12-15-32(31)41-34(46)26-7-4-6-24(20-26)23-50-30-13-10-25(11-14-30)36(48)49/h4-16,19-22H,1-3,17-18,23H2,(H,41,46)(H,48,49)(H,42,43,47). The van der Waals surface area contributed by atoms with Crippen molar-refractivity contribution in [2.75, 3.05) is 28.6 Å². The van der Waals surface area contributed by atoms with Crippen LogP contribution in [0.3, 0.4) is 0 Å². The fraction of sp³-hybridized carbons (Fsp3) is 0.189. The molecule has 2 amide bonds. The number of alkyl halides is 3. The number of nitrogens with zero attached hydrogens (tertiary/aromatic N) is 3. The van der Waals surface area contributed by atoms with Gasteiger partial charge >= 0.3 is 12.1 Å². The van der Waals surface area contributed by atoms with Crippen molar-refractivity contribution in [3.05, 3.63) is 131 Å². The average Bonchev–Trinajstić information content (AvgIpc) is 3.59.